The summed E-state index contributed by atoms with van der Waals surface area (Å²) in [7, 11) is 0. The van der Waals surface area contributed by atoms with Crippen LogP contribution in [-0.2, 0) is 6.42 Å². The molecule has 17 heavy (non-hydrogen) atoms. The van der Waals surface area contributed by atoms with Crippen molar-refractivity contribution in [1.29, 1.82) is 0 Å². The van der Waals surface area contributed by atoms with E-state index in [0.29, 0.717) is 5.02 Å². The molecule has 0 saturated heterocycles. The van der Waals surface area contributed by atoms with E-state index in [1.165, 1.54) is 5.56 Å². The van der Waals surface area contributed by atoms with Gasteiger partial charge in [0.2, 0.25) is 0 Å². The van der Waals surface area contributed by atoms with Gasteiger partial charge in [0.05, 0.1) is 5.02 Å². The molecule has 2 aromatic rings. The van der Waals surface area contributed by atoms with Gasteiger partial charge in [-0.3, -0.25) is 9.97 Å². The molecule has 0 unspecified atom stereocenters. The van der Waals surface area contributed by atoms with Crippen LogP contribution < -0.4 is 0 Å². The molecular weight excluding hydrogens is 232 g/mol. The molecule has 0 bridgehead atoms. The summed E-state index contributed by atoms with van der Waals surface area (Å²) in [5, 5.41) is 0.690. The van der Waals surface area contributed by atoms with Gasteiger partial charge in [0.25, 0.3) is 0 Å². The summed E-state index contributed by atoms with van der Waals surface area (Å²) in [6.45, 7) is 6.06. The zero-order chi connectivity index (χ0) is 12.7. The molecule has 0 aromatic carbocycles. The van der Waals surface area contributed by atoms with E-state index < -0.39 is 0 Å². The topological polar surface area (TPSA) is 25.8 Å². The van der Waals surface area contributed by atoms with Gasteiger partial charge in [-0.05, 0) is 44.0 Å². The van der Waals surface area contributed by atoms with Crippen molar-refractivity contribution in [3.63, 3.8) is 0 Å². The van der Waals surface area contributed by atoms with E-state index in [-0.39, 0.29) is 0 Å². The zero-order valence-corrected chi connectivity index (χ0v) is 11.2. The maximum absolute atomic E-state index is 5.55. The minimum absolute atomic E-state index is 0.690. The third-order valence-corrected chi connectivity index (χ3v) is 2.48. The molecule has 2 aromatic heterocycles. The molecule has 0 aliphatic rings. The van der Waals surface area contributed by atoms with Crippen molar-refractivity contribution in [3.05, 3.63) is 58.6 Å². The van der Waals surface area contributed by atoms with Crippen molar-refractivity contribution in [2.24, 2.45) is 0 Å². The number of pyridine rings is 2. The lowest BCUT2D eigenvalue weighted by Gasteiger charge is -1.93. The summed E-state index contributed by atoms with van der Waals surface area (Å²) in [6.07, 6.45) is 4.64. The Morgan fingerprint density at radius 2 is 1.53 bits per heavy atom. The van der Waals surface area contributed by atoms with Crippen LogP contribution in [0.3, 0.4) is 0 Å². The summed E-state index contributed by atoms with van der Waals surface area (Å²) in [5.41, 5.74) is 3.39. The maximum atomic E-state index is 5.55. The summed E-state index contributed by atoms with van der Waals surface area (Å²) in [6, 6.07) is 7.85. The van der Waals surface area contributed by atoms with E-state index >= 15 is 0 Å². The van der Waals surface area contributed by atoms with Crippen LogP contribution in [0.2, 0.25) is 5.02 Å². The maximum Gasteiger partial charge on any atom is 0.0589 e. The van der Waals surface area contributed by atoms with Gasteiger partial charge in [-0.15, -0.1) is 0 Å². The second-order valence-electron chi connectivity index (χ2n) is 3.78. The van der Waals surface area contributed by atoms with Crippen molar-refractivity contribution >= 4 is 11.6 Å². The number of aryl methyl sites for hydroxylation is 3. The lowest BCUT2D eigenvalue weighted by Crippen LogP contribution is -1.83. The average Bonchev–Trinajstić information content (AvgIpc) is 2.35. The standard InChI is InChI=1S/C8H11N.C6H6ClN/c1-3-8-5-4-7(2)9-6-8;1-5-2-3-6(7)4-8-5/h4-6H,3H2,1-2H3;2-4H,1H3. The summed E-state index contributed by atoms with van der Waals surface area (Å²) >= 11 is 5.55. The lowest BCUT2D eigenvalue weighted by atomic mass is 10.2. The number of aromatic nitrogens is 2. The quantitative estimate of drug-likeness (QED) is 0.763. The monoisotopic (exact) mass is 248 g/mol. The van der Waals surface area contributed by atoms with Crippen molar-refractivity contribution in [1.82, 2.24) is 9.97 Å². The van der Waals surface area contributed by atoms with Crippen LogP contribution in [-0.4, -0.2) is 9.97 Å². The highest BCUT2D eigenvalue weighted by Gasteiger charge is 1.86. The minimum Gasteiger partial charge on any atom is -0.261 e. The Kier molecular flexibility index (Phi) is 5.64. The molecule has 2 heterocycles. The van der Waals surface area contributed by atoms with Gasteiger partial charge in [0.1, 0.15) is 0 Å². The smallest absolute Gasteiger partial charge is 0.0589 e. The van der Waals surface area contributed by atoms with Crippen molar-refractivity contribution in [2.75, 3.05) is 0 Å². The second-order valence-corrected chi connectivity index (χ2v) is 4.22. The van der Waals surface area contributed by atoms with Crippen LogP contribution in [0.4, 0.5) is 0 Å². The zero-order valence-electron chi connectivity index (χ0n) is 10.4. The Morgan fingerprint density at radius 1 is 0.941 bits per heavy atom. The Morgan fingerprint density at radius 3 is 1.88 bits per heavy atom. The van der Waals surface area contributed by atoms with Crippen molar-refractivity contribution < 1.29 is 0 Å². The molecule has 0 aliphatic carbocycles. The molecule has 0 amide bonds. The summed E-state index contributed by atoms with van der Waals surface area (Å²) in [5.74, 6) is 0. The average molecular weight is 249 g/mol. The first-order valence-electron chi connectivity index (χ1n) is 5.61. The van der Waals surface area contributed by atoms with Crippen LogP contribution in [0.15, 0.2) is 36.7 Å². The molecule has 0 spiro atoms. The fraction of sp³-hybridized carbons (Fsp3) is 0.286. The van der Waals surface area contributed by atoms with Crippen molar-refractivity contribution in [3.8, 4) is 0 Å². The highest BCUT2D eigenvalue weighted by atomic mass is 35.5. The minimum atomic E-state index is 0.690. The Balaban J connectivity index is 0.000000171. The van der Waals surface area contributed by atoms with E-state index in [1.54, 1.807) is 6.20 Å². The Hall–Kier alpha value is -1.41. The molecule has 0 N–H and O–H groups in total. The van der Waals surface area contributed by atoms with Crippen LogP contribution in [0, 0.1) is 13.8 Å². The largest absolute Gasteiger partial charge is 0.261 e. The fourth-order valence-electron chi connectivity index (χ4n) is 1.16. The third kappa shape index (κ3) is 5.45. The first-order valence-corrected chi connectivity index (χ1v) is 5.99. The van der Waals surface area contributed by atoms with Crippen LogP contribution in [0.5, 0.6) is 0 Å². The van der Waals surface area contributed by atoms with Gasteiger partial charge in [-0.1, -0.05) is 24.6 Å². The number of nitrogens with zero attached hydrogens (tertiary/aromatic N) is 2. The van der Waals surface area contributed by atoms with Gasteiger partial charge in [-0.25, -0.2) is 0 Å². The van der Waals surface area contributed by atoms with Crippen LogP contribution >= 0.6 is 11.6 Å². The van der Waals surface area contributed by atoms with Gasteiger partial charge in [0, 0.05) is 23.8 Å². The van der Waals surface area contributed by atoms with Gasteiger partial charge < -0.3 is 0 Å². The van der Waals surface area contributed by atoms with Crippen LogP contribution in [0.1, 0.15) is 23.9 Å². The molecule has 0 aliphatic heterocycles. The molecule has 0 atom stereocenters. The molecule has 2 rings (SSSR count). The second kappa shape index (κ2) is 7.02. The number of halogens is 1. The number of hydrogen-bond acceptors (Lipinski definition) is 2. The third-order valence-electron chi connectivity index (χ3n) is 2.26. The number of rotatable bonds is 1. The van der Waals surface area contributed by atoms with E-state index in [9.17, 15) is 0 Å². The first kappa shape index (κ1) is 13.7. The van der Waals surface area contributed by atoms with Gasteiger partial charge in [0.15, 0.2) is 0 Å². The van der Waals surface area contributed by atoms with E-state index in [2.05, 4.69) is 23.0 Å². The molecule has 3 heteroatoms. The predicted molar refractivity (Wildman–Crippen MR) is 72.3 cm³/mol. The fourth-order valence-corrected chi connectivity index (χ4v) is 1.27. The van der Waals surface area contributed by atoms with E-state index in [4.69, 9.17) is 11.6 Å². The van der Waals surface area contributed by atoms with E-state index in [1.807, 2.05) is 38.2 Å². The molecule has 2 nitrogen and oxygen atoms in total. The SMILES string of the molecule is CCc1ccc(C)nc1.Cc1ccc(Cl)cn1. The summed E-state index contributed by atoms with van der Waals surface area (Å²) in [4.78, 5) is 8.10. The lowest BCUT2D eigenvalue weighted by molar-refractivity contribution is 1.08. The normalized spacial score (nSPS) is 9.41. The van der Waals surface area contributed by atoms with Crippen molar-refractivity contribution in [2.45, 2.75) is 27.2 Å². The van der Waals surface area contributed by atoms with E-state index in [0.717, 1.165) is 17.8 Å². The van der Waals surface area contributed by atoms with Gasteiger partial charge in [-0.2, -0.15) is 0 Å². The van der Waals surface area contributed by atoms with Gasteiger partial charge >= 0.3 is 0 Å². The predicted octanol–water partition coefficient (Wildman–Crippen LogP) is 4.00. The Labute approximate surface area is 108 Å². The molecule has 0 fully saturated rings. The molecular formula is C14H17ClN2. The Bertz CT molecular complexity index is 414. The van der Waals surface area contributed by atoms with Crippen LogP contribution in [0.25, 0.3) is 0 Å². The number of hydrogen-bond donors (Lipinski definition) is 0. The highest BCUT2D eigenvalue weighted by molar-refractivity contribution is 6.30. The molecule has 90 valence electrons. The molecule has 0 radical (unpaired) electrons. The summed E-state index contributed by atoms with van der Waals surface area (Å²) < 4.78 is 0. The first-order chi connectivity index (χ1) is 8.11. The molecule has 0 saturated carbocycles. The highest BCUT2D eigenvalue weighted by Crippen LogP contribution is 2.04.